The highest BCUT2D eigenvalue weighted by Crippen LogP contribution is 2.37. The lowest BCUT2D eigenvalue weighted by Crippen LogP contribution is -2.09. The second kappa shape index (κ2) is 4.52. The van der Waals surface area contributed by atoms with Gasteiger partial charge < -0.3 is 0 Å². The van der Waals surface area contributed by atoms with Crippen LogP contribution >= 0.6 is 20.6 Å². The van der Waals surface area contributed by atoms with Crippen LogP contribution in [0.15, 0.2) is 18.2 Å². The Morgan fingerprint density at radius 1 is 1.50 bits per heavy atom. The molecule has 0 bridgehead atoms. The molecule has 1 unspecified atom stereocenters. The molecule has 2 rings (SSSR count). The maximum atomic E-state index is 13.2. The lowest BCUT2D eigenvalue weighted by atomic mass is 10.3. The predicted molar refractivity (Wildman–Crippen MR) is 70.1 cm³/mol. The van der Waals surface area contributed by atoms with Crippen LogP contribution in [0.5, 0.6) is 0 Å². The van der Waals surface area contributed by atoms with Crippen molar-refractivity contribution in [1.82, 2.24) is 9.78 Å². The third-order valence-electron chi connectivity index (χ3n) is 2.43. The summed E-state index contributed by atoms with van der Waals surface area (Å²) in [6, 6.07) is 4.73. The van der Waals surface area contributed by atoms with Gasteiger partial charge in [-0.2, -0.15) is 13.9 Å². The average Bonchev–Trinajstić information content (AvgIpc) is 2.81. The summed E-state index contributed by atoms with van der Waals surface area (Å²) < 4.78 is 27.6. The molecule has 1 atom stereocenters. The number of nitrogens with zero attached hydrogens (tertiary/aromatic N) is 2. The van der Waals surface area contributed by atoms with Crippen molar-refractivity contribution < 1.29 is 13.6 Å². The maximum Gasteiger partial charge on any atom is 0.299 e. The molecule has 2 aromatic rings. The highest BCUT2D eigenvalue weighted by Gasteiger charge is 2.29. The summed E-state index contributed by atoms with van der Waals surface area (Å²) in [5.41, 5.74) is -2.74. The Bertz CT molecular complexity index is 600. The van der Waals surface area contributed by atoms with E-state index >= 15 is 0 Å². The van der Waals surface area contributed by atoms with Gasteiger partial charge in [0.15, 0.2) is 5.78 Å². The normalized spacial score (nSPS) is 11.8. The van der Waals surface area contributed by atoms with Crippen molar-refractivity contribution >= 4 is 26.4 Å². The lowest BCUT2D eigenvalue weighted by Gasteiger charge is -2.08. The van der Waals surface area contributed by atoms with Gasteiger partial charge in [-0.15, -0.1) is 11.3 Å². The molecular formula is C11H11F2N2OPS. The topological polar surface area (TPSA) is 34.9 Å². The van der Waals surface area contributed by atoms with Crippen molar-refractivity contribution in [1.29, 1.82) is 0 Å². The van der Waals surface area contributed by atoms with Crippen LogP contribution < -0.4 is 0 Å². The first-order valence-electron chi connectivity index (χ1n) is 5.11. The molecular weight excluding hydrogens is 277 g/mol. The molecule has 0 aliphatic rings. The number of rotatable bonds is 3. The number of alkyl halides is 2. The fourth-order valence-electron chi connectivity index (χ4n) is 1.56. The summed E-state index contributed by atoms with van der Waals surface area (Å²) >= 11 is 1.25. The van der Waals surface area contributed by atoms with Gasteiger partial charge in [-0.3, -0.25) is 9.48 Å². The molecule has 0 aliphatic heterocycles. The van der Waals surface area contributed by atoms with E-state index in [1.165, 1.54) is 40.6 Å². The van der Waals surface area contributed by atoms with E-state index < -0.39 is 5.66 Å². The van der Waals surface area contributed by atoms with Crippen LogP contribution in [0.25, 0.3) is 10.6 Å². The quantitative estimate of drug-likeness (QED) is 0.641. The summed E-state index contributed by atoms with van der Waals surface area (Å²) in [4.78, 5) is 12.5. The van der Waals surface area contributed by atoms with E-state index in [0.29, 0.717) is 15.4 Å². The molecule has 0 saturated carbocycles. The summed E-state index contributed by atoms with van der Waals surface area (Å²) in [7, 11) is 2.96. The van der Waals surface area contributed by atoms with Crippen molar-refractivity contribution in [3.05, 3.63) is 28.8 Å². The van der Waals surface area contributed by atoms with Crippen LogP contribution in [0, 0.1) is 0 Å². The van der Waals surface area contributed by atoms with E-state index in [-0.39, 0.29) is 11.5 Å². The highest BCUT2D eigenvalue weighted by molar-refractivity contribution is 7.18. The predicted octanol–water partition coefficient (Wildman–Crippen LogP) is 3.28. The molecule has 0 fully saturated rings. The lowest BCUT2D eigenvalue weighted by molar-refractivity contribution is 0.0938. The zero-order valence-corrected chi connectivity index (χ0v) is 11.7. The van der Waals surface area contributed by atoms with Crippen LogP contribution in [0.1, 0.15) is 22.3 Å². The number of aryl methyl sites for hydroxylation is 1. The Morgan fingerprint density at radius 2 is 2.17 bits per heavy atom. The van der Waals surface area contributed by atoms with Crippen LogP contribution in [0.4, 0.5) is 8.78 Å². The number of ketones is 1. The zero-order chi connectivity index (χ0) is 13.5. The Balaban J connectivity index is 2.42. The number of aromatic nitrogens is 2. The summed E-state index contributed by atoms with van der Waals surface area (Å²) in [6.07, 6.45) is 0. The fraction of sp³-hybridized carbons (Fsp3) is 0.273. The van der Waals surface area contributed by atoms with Gasteiger partial charge in [0.1, 0.15) is 11.4 Å². The second-order valence-electron chi connectivity index (χ2n) is 3.88. The molecule has 2 heterocycles. The first-order chi connectivity index (χ1) is 8.29. The number of halogens is 2. The van der Waals surface area contributed by atoms with Gasteiger partial charge in [-0.05, 0) is 25.1 Å². The Hall–Kier alpha value is -1.13. The third-order valence-corrected chi connectivity index (χ3v) is 3.93. The standard InChI is InChI=1S/C11H11F2N2OPS/c1-6(16)8-3-4-9(18-8)7-5-10(11(12,13)17)15(2)14-7/h3-5H,17H2,1-2H3. The van der Waals surface area contributed by atoms with Crippen LogP contribution in [0.2, 0.25) is 0 Å². The molecule has 2 aromatic heterocycles. The van der Waals surface area contributed by atoms with Crippen molar-refractivity contribution in [2.75, 3.05) is 0 Å². The van der Waals surface area contributed by atoms with Gasteiger partial charge in [0, 0.05) is 7.05 Å². The van der Waals surface area contributed by atoms with Crippen LogP contribution in [-0.4, -0.2) is 15.6 Å². The number of hydrogen-bond acceptors (Lipinski definition) is 3. The minimum absolute atomic E-state index is 0.0428. The first-order valence-corrected chi connectivity index (χ1v) is 6.51. The Labute approximate surface area is 109 Å². The van der Waals surface area contributed by atoms with Gasteiger partial charge in [0.2, 0.25) is 0 Å². The summed E-state index contributed by atoms with van der Waals surface area (Å²) in [6.45, 7) is 1.47. The molecule has 3 nitrogen and oxygen atoms in total. The van der Waals surface area contributed by atoms with Gasteiger partial charge in [-0.1, -0.05) is 9.24 Å². The molecule has 96 valence electrons. The summed E-state index contributed by atoms with van der Waals surface area (Å²) in [5, 5.41) is 4.04. The minimum Gasteiger partial charge on any atom is -0.294 e. The van der Waals surface area contributed by atoms with Gasteiger partial charge in [-0.25, -0.2) is 0 Å². The maximum absolute atomic E-state index is 13.2. The zero-order valence-electron chi connectivity index (χ0n) is 9.78. The summed E-state index contributed by atoms with van der Waals surface area (Å²) in [5.74, 6) is -0.0428. The number of carbonyl (C=O) groups is 1. The molecule has 0 amide bonds. The van der Waals surface area contributed by atoms with E-state index in [1.54, 1.807) is 12.1 Å². The molecule has 7 heteroatoms. The van der Waals surface area contributed by atoms with Gasteiger partial charge in [0.25, 0.3) is 5.66 Å². The number of Topliss-reactive ketones (excluding diaryl/α,β-unsaturated/α-hetero) is 1. The van der Waals surface area contributed by atoms with Crippen molar-refractivity contribution in [2.45, 2.75) is 12.6 Å². The molecule has 0 radical (unpaired) electrons. The van der Waals surface area contributed by atoms with E-state index in [2.05, 4.69) is 5.10 Å². The number of hydrogen-bond donors (Lipinski definition) is 0. The largest absolute Gasteiger partial charge is 0.299 e. The molecule has 0 spiro atoms. The molecule has 0 saturated heterocycles. The van der Waals surface area contributed by atoms with E-state index in [9.17, 15) is 13.6 Å². The van der Waals surface area contributed by atoms with Crippen LogP contribution in [0.3, 0.4) is 0 Å². The van der Waals surface area contributed by atoms with Gasteiger partial charge >= 0.3 is 0 Å². The van der Waals surface area contributed by atoms with Crippen molar-refractivity contribution in [2.24, 2.45) is 7.05 Å². The average molecular weight is 288 g/mol. The first kappa shape index (κ1) is 13.3. The van der Waals surface area contributed by atoms with Gasteiger partial charge in [0.05, 0.1) is 9.75 Å². The van der Waals surface area contributed by atoms with E-state index in [4.69, 9.17) is 0 Å². The van der Waals surface area contributed by atoms with E-state index in [0.717, 1.165) is 4.68 Å². The molecule has 0 aromatic carbocycles. The monoisotopic (exact) mass is 288 g/mol. The fourth-order valence-corrected chi connectivity index (χ4v) is 2.69. The van der Waals surface area contributed by atoms with E-state index in [1.807, 2.05) is 0 Å². The van der Waals surface area contributed by atoms with Crippen LogP contribution in [-0.2, 0) is 12.7 Å². The van der Waals surface area contributed by atoms with Crippen molar-refractivity contribution in [3.8, 4) is 10.6 Å². The third kappa shape index (κ3) is 2.49. The number of thiophene rings is 1. The highest BCUT2D eigenvalue weighted by atomic mass is 32.1. The molecule has 0 aliphatic carbocycles. The molecule has 0 N–H and O–H groups in total. The minimum atomic E-state index is -3.01. The van der Waals surface area contributed by atoms with Crippen molar-refractivity contribution in [3.63, 3.8) is 0 Å². The SMILES string of the molecule is CC(=O)c1ccc(-c2cc(C(F)(F)P)n(C)n2)s1. The smallest absolute Gasteiger partial charge is 0.294 e. The Morgan fingerprint density at radius 3 is 2.61 bits per heavy atom. The molecule has 18 heavy (non-hydrogen) atoms. The second-order valence-corrected chi connectivity index (χ2v) is 5.69. The Kier molecular flexibility index (Phi) is 3.34. The number of carbonyl (C=O) groups excluding carboxylic acids is 1.